The Bertz CT molecular complexity index is 2770. The fraction of sp³-hybridized carbons (Fsp3) is 0.417. The fourth-order valence-corrected chi connectivity index (χ4v) is 9.64. The number of benzene rings is 2. The minimum absolute atomic E-state index is 0.0516. The molecule has 3 fully saturated rings. The topological polar surface area (TPSA) is 191 Å². The predicted octanol–water partition coefficient (Wildman–Crippen LogP) is 6.41. The van der Waals surface area contributed by atoms with Gasteiger partial charge in [0, 0.05) is 97.8 Å². The van der Waals surface area contributed by atoms with Crippen LogP contribution in [0.2, 0.25) is 0 Å². The third-order valence-corrected chi connectivity index (χ3v) is 13.2. The summed E-state index contributed by atoms with van der Waals surface area (Å²) in [4.78, 5) is 68.0. The highest BCUT2D eigenvalue weighted by Crippen LogP contribution is 2.41. The SMILES string of the molecule is Cc1cc(-c2ncnc3[nH]c(-c4ccc(N5CCN(C[C@@H]6CCN7c8ccc(N9CCC(=O)NC9=O)cc8OC[C@H]7C6)CC5)nc4)cc23)ccc1[C@@H](C)NC(=O)c1nc(C(C)(C)C)no1. The lowest BCUT2D eigenvalue weighted by molar-refractivity contribution is -0.120. The van der Waals surface area contributed by atoms with Crippen molar-refractivity contribution in [3.05, 3.63) is 90.0 Å². The van der Waals surface area contributed by atoms with Crippen LogP contribution < -0.4 is 30.1 Å². The minimum atomic E-state index is -0.413. The second kappa shape index (κ2) is 16.9. The second-order valence-corrected chi connectivity index (χ2v) is 18.8. The Morgan fingerprint density at radius 3 is 2.54 bits per heavy atom. The molecule has 4 aliphatic heterocycles. The van der Waals surface area contributed by atoms with Gasteiger partial charge in [-0.25, -0.2) is 19.7 Å². The molecule has 0 radical (unpaired) electrons. The molecule has 65 heavy (non-hydrogen) atoms. The highest BCUT2D eigenvalue weighted by Gasteiger charge is 2.36. The van der Waals surface area contributed by atoms with Gasteiger partial charge in [-0.3, -0.25) is 24.7 Å². The minimum Gasteiger partial charge on any atom is -0.489 e. The number of hydrogen-bond acceptors (Lipinski definition) is 13. The van der Waals surface area contributed by atoms with Gasteiger partial charge in [-0.15, -0.1) is 0 Å². The molecule has 0 saturated carbocycles. The maximum Gasteiger partial charge on any atom is 0.328 e. The van der Waals surface area contributed by atoms with E-state index >= 15 is 0 Å². The molecule has 8 heterocycles. The van der Waals surface area contributed by atoms with Gasteiger partial charge in [0.05, 0.1) is 23.5 Å². The van der Waals surface area contributed by atoms with Gasteiger partial charge in [0.2, 0.25) is 5.91 Å². The van der Waals surface area contributed by atoms with E-state index in [4.69, 9.17) is 19.2 Å². The molecule has 4 aliphatic rings. The van der Waals surface area contributed by atoms with Crippen LogP contribution in [0.1, 0.15) is 80.6 Å². The molecule has 3 atom stereocenters. The molecule has 0 unspecified atom stereocenters. The van der Waals surface area contributed by atoms with E-state index in [9.17, 15) is 14.4 Å². The van der Waals surface area contributed by atoms with Crippen LogP contribution in [-0.4, -0.2) is 111 Å². The molecule has 0 aliphatic carbocycles. The number of piperidine rings is 1. The summed E-state index contributed by atoms with van der Waals surface area (Å²) < 4.78 is 11.5. The number of urea groups is 1. The molecule has 17 heteroatoms. The van der Waals surface area contributed by atoms with Gasteiger partial charge in [0.1, 0.15) is 30.1 Å². The van der Waals surface area contributed by atoms with Crippen LogP contribution in [0.3, 0.4) is 0 Å². The molecule has 3 saturated heterocycles. The molecule has 0 spiro atoms. The number of piperazine rings is 1. The maximum absolute atomic E-state index is 13.0. The van der Waals surface area contributed by atoms with E-state index in [2.05, 4.69) is 75.8 Å². The molecular weight excluding hydrogens is 825 g/mol. The number of nitrogens with one attached hydrogen (secondary N) is 3. The first-order chi connectivity index (χ1) is 31.3. The lowest BCUT2D eigenvalue weighted by Crippen LogP contribution is -2.52. The summed E-state index contributed by atoms with van der Waals surface area (Å²) in [6, 6.07) is 18.0. The number of carbonyl (C=O) groups is 3. The number of aryl methyl sites for hydroxylation is 1. The van der Waals surface area contributed by atoms with Crippen molar-refractivity contribution in [2.24, 2.45) is 5.92 Å². The Balaban J connectivity index is 0.730. The first-order valence-corrected chi connectivity index (χ1v) is 22.5. The Kier molecular flexibility index (Phi) is 11.0. The van der Waals surface area contributed by atoms with Gasteiger partial charge in [-0.1, -0.05) is 38.1 Å². The van der Waals surface area contributed by atoms with Crippen LogP contribution in [0.5, 0.6) is 5.75 Å². The summed E-state index contributed by atoms with van der Waals surface area (Å²) in [5.74, 6) is 2.15. The van der Waals surface area contributed by atoms with E-state index in [1.807, 2.05) is 65.1 Å². The number of aromatic amines is 1. The van der Waals surface area contributed by atoms with Crippen LogP contribution >= 0.6 is 0 Å². The van der Waals surface area contributed by atoms with E-state index in [-0.39, 0.29) is 29.3 Å². The van der Waals surface area contributed by atoms with E-state index in [0.717, 1.165) is 120 Å². The number of aromatic nitrogens is 6. The van der Waals surface area contributed by atoms with E-state index in [1.54, 1.807) is 11.2 Å². The third-order valence-electron chi connectivity index (χ3n) is 13.2. The molecule has 6 aromatic rings. The maximum atomic E-state index is 13.0. The predicted molar refractivity (Wildman–Crippen MR) is 246 cm³/mol. The number of nitrogens with zero attached hydrogens (tertiary/aromatic N) is 9. The zero-order valence-corrected chi connectivity index (χ0v) is 37.4. The molecule has 10 rings (SSSR count). The Hall–Kier alpha value is -6.88. The van der Waals surface area contributed by atoms with Crippen LogP contribution in [0.4, 0.5) is 22.0 Å². The van der Waals surface area contributed by atoms with Crippen molar-refractivity contribution in [2.45, 2.75) is 71.4 Å². The van der Waals surface area contributed by atoms with Crippen molar-refractivity contribution >= 4 is 46.1 Å². The summed E-state index contributed by atoms with van der Waals surface area (Å²) in [5.41, 5.74) is 7.87. The van der Waals surface area contributed by atoms with Crippen LogP contribution in [-0.2, 0) is 10.2 Å². The number of pyridine rings is 1. The van der Waals surface area contributed by atoms with Crippen LogP contribution in [0, 0.1) is 12.8 Å². The van der Waals surface area contributed by atoms with Crippen molar-refractivity contribution in [2.75, 3.05) is 67.1 Å². The van der Waals surface area contributed by atoms with Gasteiger partial charge in [0.25, 0.3) is 0 Å². The molecule has 4 amide bonds. The Labute approximate surface area is 377 Å². The van der Waals surface area contributed by atoms with Crippen LogP contribution in [0.15, 0.2) is 71.6 Å². The van der Waals surface area contributed by atoms with Crippen LogP contribution in [0.25, 0.3) is 33.5 Å². The number of carbonyl (C=O) groups excluding carboxylic acids is 3. The molecule has 0 bridgehead atoms. The van der Waals surface area contributed by atoms with Gasteiger partial charge < -0.3 is 29.4 Å². The summed E-state index contributed by atoms with van der Waals surface area (Å²) in [7, 11) is 0. The first kappa shape index (κ1) is 42.1. The fourth-order valence-electron chi connectivity index (χ4n) is 9.64. The lowest BCUT2D eigenvalue weighted by atomic mass is 9.89. The molecule has 17 nitrogen and oxygen atoms in total. The summed E-state index contributed by atoms with van der Waals surface area (Å²) in [6.45, 7) is 16.7. The Morgan fingerprint density at radius 2 is 1.78 bits per heavy atom. The number of amides is 4. The largest absolute Gasteiger partial charge is 0.489 e. The van der Waals surface area contributed by atoms with Crippen molar-refractivity contribution < 1.29 is 23.6 Å². The average molecular weight is 879 g/mol. The number of hydrogen-bond donors (Lipinski definition) is 3. The van der Waals surface area contributed by atoms with E-state index in [0.29, 0.717) is 37.4 Å². The summed E-state index contributed by atoms with van der Waals surface area (Å²) in [6.07, 6.45) is 6.00. The van der Waals surface area contributed by atoms with E-state index < -0.39 is 5.91 Å². The number of rotatable bonds is 9. The number of ether oxygens (including phenoxy) is 1. The van der Waals surface area contributed by atoms with Gasteiger partial charge >= 0.3 is 17.8 Å². The van der Waals surface area contributed by atoms with Crippen molar-refractivity contribution in [3.8, 4) is 28.3 Å². The highest BCUT2D eigenvalue weighted by molar-refractivity contribution is 6.05. The molecule has 336 valence electrons. The van der Waals surface area contributed by atoms with Crippen molar-refractivity contribution in [1.29, 1.82) is 0 Å². The van der Waals surface area contributed by atoms with Crippen molar-refractivity contribution in [3.63, 3.8) is 0 Å². The van der Waals surface area contributed by atoms with Gasteiger partial charge in [0.15, 0.2) is 5.82 Å². The lowest BCUT2D eigenvalue weighted by Gasteiger charge is -2.46. The molecule has 4 aromatic heterocycles. The monoisotopic (exact) mass is 878 g/mol. The first-order valence-electron chi connectivity index (χ1n) is 22.5. The van der Waals surface area contributed by atoms with E-state index in [1.165, 1.54) is 0 Å². The zero-order valence-electron chi connectivity index (χ0n) is 37.4. The summed E-state index contributed by atoms with van der Waals surface area (Å²) in [5, 5.41) is 10.3. The highest BCUT2D eigenvalue weighted by atomic mass is 16.5. The van der Waals surface area contributed by atoms with Gasteiger partial charge in [-0.05, 0) is 80.1 Å². The average Bonchev–Trinajstić information content (AvgIpc) is 3.99. The number of fused-ring (bicyclic) bond motifs is 4. The quantitative estimate of drug-likeness (QED) is 0.145. The number of anilines is 3. The molecule has 2 aromatic carbocycles. The number of imide groups is 1. The molecule has 3 N–H and O–H groups in total. The van der Waals surface area contributed by atoms with Gasteiger partial charge in [-0.2, -0.15) is 4.98 Å². The second-order valence-electron chi connectivity index (χ2n) is 18.8. The zero-order chi connectivity index (χ0) is 45.0. The van der Waals surface area contributed by atoms with Crippen molar-refractivity contribution in [1.82, 2.24) is 45.6 Å². The third kappa shape index (κ3) is 8.47. The standard InChI is InChI=1S/C48H54N12O5/c1-28-20-31(6-9-35(28)29(2)52-44(62)45-55-46(56-65-45)48(3,4)5)42-36-23-37(53-43(36)51-27-50-42)32-7-11-40(49-24-32)58-18-16-57(17-19-58)25-30-12-14-59-34(21-30)26-64-39-22-33(8-10-38(39)59)60-15-13-41(61)54-47(60)63/h6-11,20,22-24,27,29-30,34H,12-19,21,25-26H2,1-5H3,(H,52,62)(H,50,51,53)(H,54,61,63)/t29-,30-,34-/m1/s1. The smallest absolute Gasteiger partial charge is 0.328 e. The normalized spacial score (nSPS) is 19.7. The number of H-pyrrole nitrogens is 1. The molecular formula is C48H54N12O5. The summed E-state index contributed by atoms with van der Waals surface area (Å²) >= 11 is 0. The Morgan fingerprint density at radius 1 is 0.954 bits per heavy atom.